The number of carboxylic acid groups (broad SMARTS) is 1. The molecule has 0 radical (unpaired) electrons. The van der Waals surface area contributed by atoms with E-state index in [9.17, 15) is 4.79 Å². The molecule has 6 heteroatoms. The van der Waals surface area contributed by atoms with E-state index in [4.69, 9.17) is 10.8 Å². The number of nitrogens with two attached hydrogens (primary N) is 1. The molecular weight excluding hydrogens is 239 g/mol. The Bertz CT molecular complexity index is 106. The van der Waals surface area contributed by atoms with Gasteiger partial charge in [-0.25, -0.2) is 0 Å². The summed E-state index contributed by atoms with van der Waals surface area (Å²) < 4.78 is 0. The van der Waals surface area contributed by atoms with Gasteiger partial charge in [0.05, 0.1) is 0 Å². The van der Waals surface area contributed by atoms with Crippen LogP contribution < -0.4 is 5.73 Å². The first-order valence-corrected chi connectivity index (χ1v) is 4.05. The van der Waals surface area contributed by atoms with E-state index in [0.29, 0.717) is 6.42 Å². The number of thioether (sulfide) groups is 1. The first kappa shape index (κ1) is 17.7. The average Bonchev–Trinajstić information content (AvgIpc) is 1.82. The predicted octanol–water partition coefficient (Wildman–Crippen LogP) is 0.571. The topological polar surface area (TPSA) is 63.3 Å². The first-order valence-electron chi connectivity index (χ1n) is 2.65. The molecule has 64 valence electrons. The van der Waals surface area contributed by atoms with Crippen molar-refractivity contribution in [3.05, 3.63) is 0 Å². The molecule has 1 atom stereocenters. The van der Waals surface area contributed by atoms with Crippen molar-refractivity contribution in [1.29, 1.82) is 0 Å². The fourth-order valence-electron chi connectivity index (χ4n) is 0.368. The Balaban J connectivity index is -0.000000320. The van der Waals surface area contributed by atoms with Crippen LogP contribution in [-0.4, -0.2) is 29.1 Å². The molecule has 3 N–H and O–H groups in total. The standard InChI is InChI=1S/C5H11NO2S.ClH.Zn/c1-9-3-2-4(6)5(7)8;;/h4H,2-3,6H2,1H3,(H,7,8);1H;. The van der Waals surface area contributed by atoms with Crippen LogP contribution in [0.3, 0.4) is 0 Å². The summed E-state index contributed by atoms with van der Waals surface area (Å²) in [6, 6.07) is -0.683. The molecule has 0 aliphatic rings. The summed E-state index contributed by atoms with van der Waals surface area (Å²) in [7, 11) is 0. The van der Waals surface area contributed by atoms with Gasteiger partial charge in [0.15, 0.2) is 0 Å². The van der Waals surface area contributed by atoms with Gasteiger partial charge in [0.2, 0.25) is 0 Å². The molecular formula is C5H12ClNO2SZn. The molecule has 0 saturated carbocycles. The number of halogens is 1. The van der Waals surface area contributed by atoms with Crippen LogP contribution in [0.15, 0.2) is 0 Å². The maximum atomic E-state index is 10.1. The Kier molecular flexibility index (Phi) is 17.2. The van der Waals surface area contributed by atoms with Crippen molar-refractivity contribution in [3.8, 4) is 0 Å². The molecule has 0 fully saturated rings. The van der Waals surface area contributed by atoms with E-state index < -0.39 is 12.0 Å². The van der Waals surface area contributed by atoms with Gasteiger partial charge < -0.3 is 10.8 Å². The average molecular weight is 251 g/mol. The second-order valence-corrected chi connectivity index (χ2v) is 2.71. The Morgan fingerprint density at radius 3 is 2.45 bits per heavy atom. The van der Waals surface area contributed by atoms with Gasteiger partial charge in [-0.15, -0.1) is 12.4 Å². The van der Waals surface area contributed by atoms with Crippen molar-refractivity contribution < 1.29 is 29.4 Å². The number of aliphatic carboxylic acids is 1. The normalized spacial score (nSPS) is 10.7. The minimum absolute atomic E-state index is 0. The minimum Gasteiger partial charge on any atom is -0.480 e. The summed E-state index contributed by atoms with van der Waals surface area (Å²) in [5.74, 6) is -0.1000. The van der Waals surface area contributed by atoms with Crippen molar-refractivity contribution in [3.63, 3.8) is 0 Å². The van der Waals surface area contributed by atoms with Crippen LogP contribution in [0.4, 0.5) is 0 Å². The summed E-state index contributed by atoms with van der Waals surface area (Å²) in [4.78, 5) is 10.1. The molecule has 0 aliphatic heterocycles. The molecule has 0 saturated heterocycles. The molecule has 0 aliphatic carbocycles. The third-order valence-corrected chi connectivity index (χ3v) is 1.59. The van der Waals surface area contributed by atoms with Crippen LogP contribution in [0.25, 0.3) is 0 Å². The largest absolute Gasteiger partial charge is 0.480 e. The summed E-state index contributed by atoms with van der Waals surface area (Å²) in [5.41, 5.74) is 5.19. The maximum Gasteiger partial charge on any atom is 0.320 e. The molecule has 0 bridgehead atoms. The van der Waals surface area contributed by atoms with E-state index in [-0.39, 0.29) is 31.9 Å². The Morgan fingerprint density at radius 1 is 1.73 bits per heavy atom. The summed E-state index contributed by atoms with van der Waals surface area (Å²) in [6.07, 6.45) is 2.48. The number of carbonyl (C=O) groups is 1. The van der Waals surface area contributed by atoms with E-state index in [1.54, 1.807) is 11.8 Å². The van der Waals surface area contributed by atoms with Crippen LogP contribution in [0.1, 0.15) is 6.42 Å². The van der Waals surface area contributed by atoms with Crippen LogP contribution in [-0.2, 0) is 24.3 Å². The van der Waals surface area contributed by atoms with Gasteiger partial charge in [0.25, 0.3) is 0 Å². The van der Waals surface area contributed by atoms with Gasteiger partial charge in [-0.1, -0.05) is 0 Å². The summed E-state index contributed by atoms with van der Waals surface area (Å²) in [5, 5.41) is 8.27. The summed E-state index contributed by atoms with van der Waals surface area (Å²) >= 11 is 1.60. The third-order valence-electron chi connectivity index (χ3n) is 0.950. The predicted molar refractivity (Wildman–Crippen MR) is 45.9 cm³/mol. The van der Waals surface area contributed by atoms with Gasteiger partial charge in [-0.2, -0.15) is 11.8 Å². The monoisotopic (exact) mass is 249 g/mol. The van der Waals surface area contributed by atoms with Crippen LogP contribution >= 0.6 is 24.2 Å². The number of hydrogen-bond donors (Lipinski definition) is 2. The molecule has 0 heterocycles. The zero-order valence-electron chi connectivity index (χ0n) is 6.45. The van der Waals surface area contributed by atoms with Crippen LogP contribution in [0.2, 0.25) is 0 Å². The zero-order valence-corrected chi connectivity index (χ0v) is 11.0. The van der Waals surface area contributed by atoms with Crippen molar-refractivity contribution in [2.75, 3.05) is 12.0 Å². The van der Waals surface area contributed by atoms with Gasteiger partial charge in [-0.3, -0.25) is 4.79 Å². The molecule has 0 spiro atoms. The molecule has 0 amide bonds. The van der Waals surface area contributed by atoms with Gasteiger partial charge >= 0.3 is 5.97 Å². The minimum atomic E-state index is -0.913. The van der Waals surface area contributed by atoms with Crippen LogP contribution in [0.5, 0.6) is 0 Å². The SMILES string of the molecule is CSCCC(N)C(=O)O.Cl.[Zn]. The Labute approximate surface area is 89.7 Å². The molecule has 0 aromatic heterocycles. The van der Waals surface area contributed by atoms with E-state index in [1.165, 1.54) is 0 Å². The number of rotatable bonds is 4. The van der Waals surface area contributed by atoms with Gasteiger partial charge in [-0.05, 0) is 18.4 Å². The first-order chi connectivity index (χ1) is 4.18. The quantitative estimate of drug-likeness (QED) is 0.717. The van der Waals surface area contributed by atoms with Gasteiger partial charge in [0.1, 0.15) is 6.04 Å². The van der Waals surface area contributed by atoms with Crippen molar-refractivity contribution >= 4 is 30.1 Å². The van der Waals surface area contributed by atoms with Crippen molar-refractivity contribution in [1.82, 2.24) is 0 Å². The van der Waals surface area contributed by atoms with E-state index in [2.05, 4.69) is 0 Å². The molecule has 0 aromatic carbocycles. The second-order valence-electron chi connectivity index (χ2n) is 1.73. The molecule has 11 heavy (non-hydrogen) atoms. The third kappa shape index (κ3) is 10.7. The molecule has 0 aromatic rings. The maximum absolute atomic E-state index is 10.1. The van der Waals surface area contributed by atoms with Gasteiger partial charge in [0, 0.05) is 19.5 Å². The van der Waals surface area contributed by atoms with Crippen molar-refractivity contribution in [2.24, 2.45) is 5.73 Å². The fourth-order valence-corrected chi connectivity index (χ4v) is 0.858. The van der Waals surface area contributed by atoms with E-state index in [0.717, 1.165) is 5.75 Å². The fraction of sp³-hybridized carbons (Fsp3) is 0.800. The van der Waals surface area contributed by atoms with E-state index in [1.807, 2.05) is 6.26 Å². The van der Waals surface area contributed by atoms with E-state index >= 15 is 0 Å². The molecule has 0 rings (SSSR count). The second kappa shape index (κ2) is 10.7. The smallest absolute Gasteiger partial charge is 0.320 e. The molecule has 3 nitrogen and oxygen atoms in total. The number of hydrogen-bond acceptors (Lipinski definition) is 3. The molecule has 1 unspecified atom stereocenters. The van der Waals surface area contributed by atoms with Crippen LogP contribution in [0, 0.1) is 0 Å². The Morgan fingerprint density at radius 2 is 2.18 bits per heavy atom. The summed E-state index contributed by atoms with van der Waals surface area (Å²) in [6.45, 7) is 0. The Hall–Kier alpha value is 0.693. The zero-order chi connectivity index (χ0) is 7.28. The van der Waals surface area contributed by atoms with Crippen molar-refractivity contribution in [2.45, 2.75) is 12.5 Å². The number of carboxylic acids is 1.